The van der Waals surface area contributed by atoms with E-state index in [2.05, 4.69) is 42.6 Å². The lowest BCUT2D eigenvalue weighted by atomic mass is 10.0. The number of hydrogen-bond acceptors (Lipinski definition) is 7. The van der Waals surface area contributed by atoms with Crippen molar-refractivity contribution in [1.82, 2.24) is 14.3 Å². The fraction of sp³-hybridized carbons (Fsp3) is 0.435. The Morgan fingerprint density at radius 3 is 2.63 bits per heavy atom. The van der Waals surface area contributed by atoms with Crippen LogP contribution in [0.5, 0.6) is 0 Å². The molecular formula is C23H27IN5O4PS. The van der Waals surface area contributed by atoms with Gasteiger partial charge in [0, 0.05) is 24.8 Å². The summed E-state index contributed by atoms with van der Waals surface area (Å²) in [6.45, 7) is 2.59. The van der Waals surface area contributed by atoms with Gasteiger partial charge in [-0.2, -0.15) is 0 Å². The van der Waals surface area contributed by atoms with Crippen LogP contribution in [-0.2, 0) is 19.4 Å². The molecule has 2 atom stereocenters. The molecule has 0 bridgehead atoms. The summed E-state index contributed by atoms with van der Waals surface area (Å²) < 4.78 is 33.4. The number of nitrogens with zero attached hydrogens (tertiary/aromatic N) is 3. The molecule has 0 spiro atoms. The number of pyridine rings is 1. The van der Waals surface area contributed by atoms with E-state index in [-0.39, 0.29) is 22.8 Å². The van der Waals surface area contributed by atoms with Crippen LogP contribution in [0.1, 0.15) is 49.6 Å². The van der Waals surface area contributed by atoms with E-state index in [1.165, 1.54) is 6.26 Å². The zero-order valence-corrected chi connectivity index (χ0v) is 23.4. The number of carbonyl (C=O) groups excluding carboxylic acids is 1. The number of aryl methyl sites for hydroxylation is 1. The number of hydrogen-bond donors (Lipinski definition) is 2. The molecule has 2 unspecified atom stereocenters. The summed E-state index contributed by atoms with van der Waals surface area (Å²) in [4.78, 5) is 22.0. The molecule has 1 saturated heterocycles. The number of anilines is 3. The molecule has 1 aromatic carbocycles. The van der Waals surface area contributed by atoms with Crippen molar-refractivity contribution in [2.45, 2.75) is 50.0 Å². The van der Waals surface area contributed by atoms with Crippen LogP contribution in [0.2, 0.25) is 0 Å². The standard InChI is InChI=1S/C23H27IN5O4PS/c1-13-25-21-17(12-20(27-22(21)29(13)34-24)28-23(30)14-6-7-14)26-16-9-8-15(11-19(16)35(2,31)32)18-5-3-4-10-33-18/h8-9,11-12,14,18,34H,3-7,10H2,1-2H3,(H2,26,27,28,30). The Morgan fingerprint density at radius 2 is 1.97 bits per heavy atom. The van der Waals surface area contributed by atoms with Crippen LogP contribution < -0.4 is 10.6 Å². The van der Waals surface area contributed by atoms with Gasteiger partial charge in [0.2, 0.25) is 5.91 Å². The van der Waals surface area contributed by atoms with E-state index in [0.29, 0.717) is 41.3 Å². The number of sulfone groups is 1. The van der Waals surface area contributed by atoms with E-state index in [1.54, 1.807) is 18.2 Å². The van der Waals surface area contributed by atoms with Gasteiger partial charge in [-0.15, -0.1) is 0 Å². The molecule has 5 rings (SSSR count). The lowest BCUT2D eigenvalue weighted by molar-refractivity contribution is -0.117. The molecule has 9 nitrogen and oxygen atoms in total. The van der Waals surface area contributed by atoms with E-state index < -0.39 is 9.84 Å². The van der Waals surface area contributed by atoms with E-state index >= 15 is 0 Å². The molecule has 2 aliphatic rings. The van der Waals surface area contributed by atoms with Gasteiger partial charge in [-0.3, -0.25) is 9.13 Å². The molecule has 1 aliphatic heterocycles. The second kappa shape index (κ2) is 9.91. The number of carbonyl (C=O) groups is 1. The maximum absolute atomic E-state index is 12.8. The average Bonchev–Trinajstić information content (AvgIpc) is 3.62. The number of nitrogens with one attached hydrogen (secondary N) is 2. The van der Waals surface area contributed by atoms with Crippen molar-refractivity contribution in [3.63, 3.8) is 0 Å². The summed E-state index contributed by atoms with van der Waals surface area (Å²) in [7, 11) is -3.54. The largest absolute Gasteiger partial charge is 0.374 e. The highest BCUT2D eigenvalue weighted by Crippen LogP contribution is 2.38. The summed E-state index contributed by atoms with van der Waals surface area (Å²) in [6, 6.07) is 7.12. The van der Waals surface area contributed by atoms with Crippen molar-refractivity contribution in [1.29, 1.82) is 0 Å². The number of amides is 1. The summed E-state index contributed by atoms with van der Waals surface area (Å²) >= 11 is 2.27. The number of fused-ring (bicyclic) bond motifs is 1. The Balaban J connectivity index is 1.57. The van der Waals surface area contributed by atoms with E-state index in [1.807, 2.05) is 17.3 Å². The van der Waals surface area contributed by atoms with Crippen LogP contribution in [-0.4, -0.2) is 41.5 Å². The first-order valence-corrected chi connectivity index (χ1v) is 17.5. The molecule has 3 aromatic rings. The van der Waals surface area contributed by atoms with Crippen molar-refractivity contribution in [2.24, 2.45) is 5.92 Å². The molecule has 12 heteroatoms. The van der Waals surface area contributed by atoms with E-state index in [0.717, 1.165) is 43.5 Å². The molecule has 1 amide bonds. The molecule has 2 fully saturated rings. The normalized spacial score (nSPS) is 18.9. The molecule has 35 heavy (non-hydrogen) atoms. The maximum Gasteiger partial charge on any atom is 0.228 e. The maximum atomic E-state index is 12.8. The monoisotopic (exact) mass is 627 g/mol. The molecule has 2 N–H and O–H groups in total. The zero-order valence-electron chi connectivity index (χ0n) is 19.5. The Hall–Kier alpha value is -1.82. The Kier molecular flexibility index (Phi) is 7.04. The minimum Gasteiger partial charge on any atom is -0.374 e. The van der Waals surface area contributed by atoms with Crippen molar-refractivity contribution in [3.05, 3.63) is 35.7 Å². The highest BCUT2D eigenvalue weighted by atomic mass is 127. The fourth-order valence-electron chi connectivity index (χ4n) is 4.29. The molecule has 3 heterocycles. The first kappa shape index (κ1) is 24.9. The number of rotatable bonds is 7. The van der Waals surface area contributed by atoms with E-state index in [9.17, 15) is 13.2 Å². The van der Waals surface area contributed by atoms with Crippen molar-refractivity contribution in [2.75, 3.05) is 23.5 Å². The van der Waals surface area contributed by atoms with Crippen LogP contribution in [0.25, 0.3) is 11.2 Å². The van der Waals surface area contributed by atoms with Crippen LogP contribution >= 0.6 is 28.4 Å². The highest BCUT2D eigenvalue weighted by molar-refractivity contribution is 14.2. The lowest BCUT2D eigenvalue weighted by Gasteiger charge is -2.24. The highest BCUT2D eigenvalue weighted by Gasteiger charge is 2.30. The minimum atomic E-state index is -3.54. The molecule has 2 aromatic heterocycles. The quantitative estimate of drug-likeness (QED) is 0.271. The number of imidazole rings is 1. The van der Waals surface area contributed by atoms with Gasteiger partial charge in [0.1, 0.15) is 17.2 Å². The topological polar surface area (TPSA) is 115 Å². The smallest absolute Gasteiger partial charge is 0.228 e. The Labute approximate surface area is 219 Å². The lowest BCUT2D eigenvalue weighted by Crippen LogP contribution is -2.15. The third-order valence-corrected chi connectivity index (χ3v) is 9.58. The van der Waals surface area contributed by atoms with E-state index in [4.69, 9.17) is 4.74 Å². The predicted molar refractivity (Wildman–Crippen MR) is 147 cm³/mol. The number of aromatic nitrogens is 3. The van der Waals surface area contributed by atoms with Gasteiger partial charge in [-0.1, -0.05) is 6.07 Å². The average molecular weight is 627 g/mol. The molecule has 1 saturated carbocycles. The van der Waals surface area contributed by atoms with Crippen molar-refractivity contribution < 1.29 is 17.9 Å². The Morgan fingerprint density at radius 1 is 1.17 bits per heavy atom. The van der Waals surface area contributed by atoms with Crippen molar-refractivity contribution >= 4 is 72.5 Å². The molecule has 1 aliphatic carbocycles. The Bertz CT molecular complexity index is 1400. The minimum absolute atomic E-state index is 0.0355. The van der Waals surface area contributed by atoms with Crippen LogP contribution in [0.4, 0.5) is 17.2 Å². The third-order valence-electron chi connectivity index (χ3n) is 6.29. The van der Waals surface area contributed by atoms with Gasteiger partial charge in [0.05, 0.1) is 28.7 Å². The fourth-order valence-corrected chi connectivity index (χ4v) is 7.30. The summed E-state index contributed by atoms with van der Waals surface area (Å²) in [5, 5.41) is 6.20. The first-order valence-electron chi connectivity index (χ1n) is 11.5. The molecule has 186 valence electrons. The summed E-state index contributed by atoms with van der Waals surface area (Å²) in [5.74, 6) is 1.20. The van der Waals surface area contributed by atoms with Gasteiger partial charge in [0.25, 0.3) is 0 Å². The van der Waals surface area contributed by atoms with Crippen LogP contribution in [0.3, 0.4) is 0 Å². The first-order chi connectivity index (χ1) is 16.7. The summed E-state index contributed by atoms with van der Waals surface area (Å²) in [6.07, 6.45) is 6.21. The van der Waals surface area contributed by atoms with Gasteiger partial charge in [-0.25, -0.2) is 18.4 Å². The molecular weight excluding hydrogens is 600 g/mol. The van der Waals surface area contributed by atoms with Gasteiger partial charge >= 0.3 is 0 Å². The molecule has 0 radical (unpaired) electrons. The SMILES string of the molecule is Cc1nc2c(Nc3ccc(C4CCCCO4)cc3S(C)(=O)=O)cc(NC(=O)C3CC3)nc2n1PI. The van der Waals surface area contributed by atoms with Gasteiger partial charge in [-0.05, 0) is 78.8 Å². The number of ether oxygens (including phenoxy) is 1. The van der Waals surface area contributed by atoms with Crippen molar-refractivity contribution in [3.8, 4) is 0 Å². The second-order valence-electron chi connectivity index (χ2n) is 9.08. The van der Waals surface area contributed by atoms with Crippen LogP contribution in [0, 0.1) is 12.8 Å². The van der Waals surface area contributed by atoms with Gasteiger partial charge < -0.3 is 15.4 Å². The summed E-state index contributed by atoms with van der Waals surface area (Å²) in [5.41, 5.74) is 3.15. The number of benzene rings is 1. The third kappa shape index (κ3) is 5.33. The predicted octanol–water partition coefficient (Wildman–Crippen LogP) is 5.27. The second-order valence-corrected chi connectivity index (χ2v) is 13.1. The van der Waals surface area contributed by atoms with Crippen LogP contribution in [0.15, 0.2) is 29.2 Å². The number of halogens is 1. The zero-order chi connectivity index (χ0) is 24.7. The van der Waals surface area contributed by atoms with Gasteiger partial charge in [0.15, 0.2) is 15.5 Å².